The van der Waals surface area contributed by atoms with Crippen LogP contribution in [0.15, 0.2) is 30.3 Å². The maximum atomic E-state index is 11.9. The summed E-state index contributed by atoms with van der Waals surface area (Å²) in [5, 5.41) is 3.02. The molecule has 1 aromatic rings. The zero-order chi connectivity index (χ0) is 13.4. The molecule has 0 spiro atoms. The minimum Gasteiger partial charge on any atom is -0.350 e. The number of nitrogens with two attached hydrogens (primary N) is 1. The molecular weight excluding hydrogens is 224 g/mol. The second kappa shape index (κ2) is 7.88. The van der Waals surface area contributed by atoms with Crippen LogP contribution >= 0.6 is 0 Å². The summed E-state index contributed by atoms with van der Waals surface area (Å²) in [7, 11) is 0. The number of nitrogens with one attached hydrogen (secondary N) is 1. The van der Waals surface area contributed by atoms with Gasteiger partial charge in [0.2, 0.25) is 5.91 Å². The predicted octanol–water partition coefficient (Wildman–Crippen LogP) is 2.63. The lowest BCUT2D eigenvalue weighted by atomic mass is 9.99. The van der Waals surface area contributed by atoms with Gasteiger partial charge in [0, 0.05) is 6.42 Å². The normalized spacial score (nSPS) is 13.9. The number of hydrogen-bond acceptors (Lipinski definition) is 2. The Labute approximate surface area is 110 Å². The molecule has 0 aliphatic heterocycles. The van der Waals surface area contributed by atoms with Crippen LogP contribution in [0.3, 0.4) is 0 Å². The van der Waals surface area contributed by atoms with Crippen molar-refractivity contribution in [2.24, 2.45) is 11.7 Å². The monoisotopic (exact) mass is 248 g/mol. The van der Waals surface area contributed by atoms with E-state index in [0.717, 1.165) is 18.4 Å². The van der Waals surface area contributed by atoms with Gasteiger partial charge in [-0.3, -0.25) is 4.79 Å². The lowest BCUT2D eigenvalue weighted by Crippen LogP contribution is -2.30. The summed E-state index contributed by atoms with van der Waals surface area (Å²) < 4.78 is 0. The van der Waals surface area contributed by atoms with Crippen molar-refractivity contribution < 1.29 is 4.79 Å². The molecule has 3 nitrogen and oxygen atoms in total. The maximum absolute atomic E-state index is 11.9. The molecule has 1 aromatic carbocycles. The third-order valence-corrected chi connectivity index (χ3v) is 3.18. The van der Waals surface area contributed by atoms with Crippen molar-refractivity contribution in [1.82, 2.24) is 5.32 Å². The SMILES string of the molecule is CCC[C@@H](CN)CC(=O)NC(C)c1ccccc1. The smallest absolute Gasteiger partial charge is 0.220 e. The van der Waals surface area contributed by atoms with Crippen LogP contribution in [0.2, 0.25) is 0 Å². The molecule has 0 aliphatic rings. The van der Waals surface area contributed by atoms with Gasteiger partial charge in [0.25, 0.3) is 0 Å². The number of carbonyl (C=O) groups excluding carboxylic acids is 1. The molecule has 0 saturated heterocycles. The van der Waals surface area contributed by atoms with E-state index in [-0.39, 0.29) is 11.9 Å². The maximum Gasteiger partial charge on any atom is 0.220 e. The second-order valence-electron chi connectivity index (χ2n) is 4.79. The van der Waals surface area contributed by atoms with Crippen LogP contribution in [0.1, 0.15) is 44.7 Å². The molecule has 100 valence electrons. The fraction of sp³-hybridized carbons (Fsp3) is 0.533. The lowest BCUT2D eigenvalue weighted by molar-refractivity contribution is -0.122. The molecular formula is C15H24N2O. The number of hydrogen-bond donors (Lipinski definition) is 2. The average molecular weight is 248 g/mol. The Hall–Kier alpha value is -1.35. The van der Waals surface area contributed by atoms with Gasteiger partial charge < -0.3 is 11.1 Å². The zero-order valence-corrected chi connectivity index (χ0v) is 11.4. The summed E-state index contributed by atoms with van der Waals surface area (Å²) in [5.74, 6) is 0.397. The molecule has 2 atom stereocenters. The molecule has 3 N–H and O–H groups in total. The number of rotatable bonds is 7. The summed E-state index contributed by atoms with van der Waals surface area (Å²) in [6.07, 6.45) is 2.62. The fourth-order valence-corrected chi connectivity index (χ4v) is 2.10. The molecule has 18 heavy (non-hydrogen) atoms. The van der Waals surface area contributed by atoms with Gasteiger partial charge in [-0.2, -0.15) is 0 Å². The van der Waals surface area contributed by atoms with Crippen LogP contribution in [0, 0.1) is 5.92 Å². The van der Waals surface area contributed by atoms with E-state index in [1.165, 1.54) is 0 Å². The molecule has 1 unspecified atom stereocenters. The zero-order valence-electron chi connectivity index (χ0n) is 11.4. The molecule has 0 saturated carbocycles. The van der Waals surface area contributed by atoms with E-state index < -0.39 is 0 Å². The van der Waals surface area contributed by atoms with Crippen LogP contribution < -0.4 is 11.1 Å². The predicted molar refractivity (Wildman–Crippen MR) is 75.1 cm³/mol. The summed E-state index contributed by atoms with van der Waals surface area (Å²) in [4.78, 5) is 11.9. The first-order valence-electron chi connectivity index (χ1n) is 6.71. The highest BCUT2D eigenvalue weighted by molar-refractivity contribution is 5.76. The van der Waals surface area contributed by atoms with Crippen molar-refractivity contribution in [2.45, 2.75) is 39.2 Å². The van der Waals surface area contributed by atoms with Crippen molar-refractivity contribution in [3.63, 3.8) is 0 Å². The Kier molecular flexibility index (Phi) is 6.44. The highest BCUT2D eigenvalue weighted by Crippen LogP contribution is 2.14. The Balaban J connectivity index is 2.44. The topological polar surface area (TPSA) is 55.1 Å². The largest absolute Gasteiger partial charge is 0.350 e. The van der Waals surface area contributed by atoms with Crippen LogP contribution in [0.5, 0.6) is 0 Å². The lowest BCUT2D eigenvalue weighted by Gasteiger charge is -2.17. The molecule has 1 rings (SSSR count). The van der Waals surface area contributed by atoms with Gasteiger partial charge in [-0.1, -0.05) is 43.7 Å². The van der Waals surface area contributed by atoms with Gasteiger partial charge >= 0.3 is 0 Å². The molecule has 1 amide bonds. The second-order valence-corrected chi connectivity index (χ2v) is 4.79. The standard InChI is InChI=1S/C15H24N2O/c1-3-7-13(11-16)10-15(18)17-12(2)14-8-5-4-6-9-14/h4-6,8-9,12-13H,3,7,10-11,16H2,1-2H3,(H,17,18)/t12?,13-/m1/s1. The first-order chi connectivity index (χ1) is 8.67. The average Bonchev–Trinajstić information content (AvgIpc) is 2.39. The van der Waals surface area contributed by atoms with Crippen molar-refractivity contribution in [1.29, 1.82) is 0 Å². The van der Waals surface area contributed by atoms with E-state index in [4.69, 9.17) is 5.73 Å². The molecule has 0 fully saturated rings. The van der Waals surface area contributed by atoms with Crippen LogP contribution in [-0.4, -0.2) is 12.5 Å². The molecule has 0 heterocycles. The number of carbonyl (C=O) groups is 1. The Morgan fingerprint density at radius 2 is 2.00 bits per heavy atom. The third kappa shape index (κ3) is 4.88. The van der Waals surface area contributed by atoms with Gasteiger partial charge in [-0.15, -0.1) is 0 Å². The van der Waals surface area contributed by atoms with E-state index in [0.29, 0.717) is 18.9 Å². The first-order valence-corrected chi connectivity index (χ1v) is 6.71. The summed E-state index contributed by atoms with van der Waals surface area (Å²) in [6, 6.07) is 10.0. The minimum atomic E-state index is 0.0544. The molecule has 0 bridgehead atoms. The summed E-state index contributed by atoms with van der Waals surface area (Å²) in [6.45, 7) is 4.71. The molecule has 0 aliphatic carbocycles. The van der Waals surface area contributed by atoms with Crippen LogP contribution in [-0.2, 0) is 4.79 Å². The Bertz CT molecular complexity index is 351. The molecule has 0 aromatic heterocycles. The fourth-order valence-electron chi connectivity index (χ4n) is 2.10. The van der Waals surface area contributed by atoms with E-state index in [2.05, 4.69) is 12.2 Å². The molecule has 0 radical (unpaired) electrons. The number of benzene rings is 1. The van der Waals surface area contributed by atoms with Crippen molar-refractivity contribution in [3.8, 4) is 0 Å². The highest BCUT2D eigenvalue weighted by Gasteiger charge is 2.14. The Morgan fingerprint density at radius 1 is 1.33 bits per heavy atom. The third-order valence-electron chi connectivity index (χ3n) is 3.18. The van der Waals surface area contributed by atoms with E-state index >= 15 is 0 Å². The molecule has 3 heteroatoms. The van der Waals surface area contributed by atoms with Gasteiger partial charge in [0.1, 0.15) is 0 Å². The highest BCUT2D eigenvalue weighted by atomic mass is 16.1. The van der Waals surface area contributed by atoms with Gasteiger partial charge in [0.05, 0.1) is 6.04 Å². The first kappa shape index (κ1) is 14.7. The summed E-state index contributed by atoms with van der Waals surface area (Å²) >= 11 is 0. The van der Waals surface area contributed by atoms with Crippen LogP contribution in [0.4, 0.5) is 0 Å². The van der Waals surface area contributed by atoms with Crippen molar-refractivity contribution >= 4 is 5.91 Å². The van der Waals surface area contributed by atoms with E-state index in [1.807, 2.05) is 37.3 Å². The van der Waals surface area contributed by atoms with Crippen molar-refractivity contribution in [3.05, 3.63) is 35.9 Å². The Morgan fingerprint density at radius 3 is 2.56 bits per heavy atom. The van der Waals surface area contributed by atoms with Gasteiger partial charge in [-0.25, -0.2) is 0 Å². The number of amides is 1. The summed E-state index contributed by atoms with van der Waals surface area (Å²) in [5.41, 5.74) is 6.80. The van der Waals surface area contributed by atoms with E-state index in [9.17, 15) is 4.79 Å². The minimum absolute atomic E-state index is 0.0544. The van der Waals surface area contributed by atoms with Gasteiger partial charge in [0.15, 0.2) is 0 Å². The van der Waals surface area contributed by atoms with Crippen molar-refractivity contribution in [2.75, 3.05) is 6.54 Å². The van der Waals surface area contributed by atoms with Gasteiger partial charge in [-0.05, 0) is 31.4 Å². The quantitative estimate of drug-likeness (QED) is 0.779. The van der Waals surface area contributed by atoms with E-state index in [1.54, 1.807) is 0 Å². The van der Waals surface area contributed by atoms with Crippen LogP contribution in [0.25, 0.3) is 0 Å².